The van der Waals surface area contributed by atoms with Gasteiger partial charge in [0.05, 0.1) is 5.56 Å². The number of amides is 1. The van der Waals surface area contributed by atoms with Crippen molar-refractivity contribution >= 4 is 5.91 Å². The molecule has 150 valence electrons. The van der Waals surface area contributed by atoms with Crippen LogP contribution in [-0.4, -0.2) is 5.91 Å². The molecule has 2 N–H and O–H groups in total. The van der Waals surface area contributed by atoms with Gasteiger partial charge in [-0.25, -0.2) is 4.57 Å². The lowest BCUT2D eigenvalue weighted by atomic mass is 10.0. The molecule has 0 bridgehead atoms. The third-order valence-electron chi connectivity index (χ3n) is 4.95. The van der Waals surface area contributed by atoms with E-state index in [1.54, 1.807) is 12.1 Å². The highest BCUT2D eigenvalue weighted by Crippen LogP contribution is 2.12. The third-order valence-corrected chi connectivity index (χ3v) is 4.95. The van der Waals surface area contributed by atoms with Gasteiger partial charge in [0, 0.05) is 18.6 Å². The summed E-state index contributed by atoms with van der Waals surface area (Å²) in [6.45, 7) is 3.30. The molecule has 1 amide bonds. The highest BCUT2D eigenvalue weighted by atomic mass is 79.9. The predicted octanol–water partition coefficient (Wildman–Crippen LogP) is 2.56. The molecule has 0 atom stereocenters. The van der Waals surface area contributed by atoms with Gasteiger partial charge in [-0.3, -0.25) is 4.79 Å². The first-order valence-electron chi connectivity index (χ1n) is 10.5. The number of pyridine rings is 1. The van der Waals surface area contributed by atoms with Crippen molar-refractivity contribution in [2.75, 3.05) is 0 Å². The molecule has 4 heteroatoms. The molecular weight excluding hydrogens is 388 g/mol. The number of halogens is 1. The predicted molar refractivity (Wildman–Crippen MR) is 105 cm³/mol. The van der Waals surface area contributed by atoms with E-state index in [1.807, 2.05) is 12.4 Å². The van der Waals surface area contributed by atoms with Gasteiger partial charge in [0.2, 0.25) is 5.91 Å². The molecule has 1 rings (SSSR count). The third kappa shape index (κ3) is 13.3. The summed E-state index contributed by atoms with van der Waals surface area (Å²) in [7, 11) is 0. The molecule has 1 aromatic rings. The summed E-state index contributed by atoms with van der Waals surface area (Å²) in [6.07, 6.45) is 23.3. The average Bonchev–Trinajstić information content (AvgIpc) is 2.62. The number of nitrogens with zero attached hydrogens (tertiary/aromatic N) is 1. The van der Waals surface area contributed by atoms with Crippen LogP contribution in [0.25, 0.3) is 0 Å². The zero-order chi connectivity index (χ0) is 18.2. The average molecular weight is 427 g/mol. The van der Waals surface area contributed by atoms with Gasteiger partial charge in [0.15, 0.2) is 12.4 Å². The molecule has 0 spiro atoms. The minimum atomic E-state index is -0.358. The molecule has 0 unspecified atom stereocenters. The fourth-order valence-corrected chi connectivity index (χ4v) is 3.26. The van der Waals surface area contributed by atoms with Crippen LogP contribution in [0.3, 0.4) is 0 Å². The van der Waals surface area contributed by atoms with Gasteiger partial charge in [-0.05, 0) is 6.42 Å². The van der Waals surface area contributed by atoms with E-state index >= 15 is 0 Å². The maximum atomic E-state index is 11.0. The van der Waals surface area contributed by atoms with E-state index in [9.17, 15) is 4.79 Å². The Labute approximate surface area is 171 Å². The quantitative estimate of drug-likeness (QED) is 0.320. The monoisotopic (exact) mass is 426 g/mol. The van der Waals surface area contributed by atoms with Gasteiger partial charge >= 0.3 is 0 Å². The van der Waals surface area contributed by atoms with Gasteiger partial charge in [-0.1, -0.05) is 84.0 Å². The summed E-state index contributed by atoms with van der Waals surface area (Å²) in [5.74, 6) is -0.358. The summed E-state index contributed by atoms with van der Waals surface area (Å²) >= 11 is 0. The lowest BCUT2D eigenvalue weighted by Gasteiger charge is -2.03. The Kier molecular flexibility index (Phi) is 16.9. The molecule has 1 heterocycles. The van der Waals surface area contributed by atoms with Crippen LogP contribution < -0.4 is 27.3 Å². The topological polar surface area (TPSA) is 47.0 Å². The van der Waals surface area contributed by atoms with Crippen molar-refractivity contribution in [3.63, 3.8) is 0 Å². The molecule has 0 aliphatic carbocycles. The van der Waals surface area contributed by atoms with Crippen LogP contribution in [0.15, 0.2) is 24.5 Å². The van der Waals surface area contributed by atoms with E-state index in [2.05, 4.69) is 11.5 Å². The number of carbonyl (C=O) groups is 1. The molecule has 0 aromatic carbocycles. The fraction of sp³-hybridized carbons (Fsp3) is 0.727. The molecule has 0 saturated carbocycles. The van der Waals surface area contributed by atoms with Crippen LogP contribution in [0.5, 0.6) is 0 Å². The van der Waals surface area contributed by atoms with Crippen LogP contribution in [0.4, 0.5) is 0 Å². The fourth-order valence-electron chi connectivity index (χ4n) is 3.26. The van der Waals surface area contributed by atoms with Crippen LogP contribution in [0.1, 0.15) is 107 Å². The number of rotatable bonds is 16. The van der Waals surface area contributed by atoms with Crippen molar-refractivity contribution in [1.82, 2.24) is 0 Å². The maximum Gasteiger partial charge on any atom is 0.249 e. The van der Waals surface area contributed by atoms with Crippen molar-refractivity contribution in [3.8, 4) is 0 Å². The molecule has 0 aliphatic heterocycles. The summed E-state index contributed by atoms with van der Waals surface area (Å²) in [5, 5.41) is 0. The van der Waals surface area contributed by atoms with Crippen molar-refractivity contribution in [3.05, 3.63) is 30.1 Å². The number of aryl methyl sites for hydroxylation is 1. The van der Waals surface area contributed by atoms with Crippen LogP contribution in [0, 0.1) is 0 Å². The number of nitrogens with two attached hydrogens (primary N) is 1. The van der Waals surface area contributed by atoms with E-state index in [0.29, 0.717) is 5.56 Å². The Hall–Kier alpha value is -0.900. The van der Waals surface area contributed by atoms with Crippen LogP contribution >= 0.6 is 0 Å². The Morgan fingerprint density at radius 3 is 1.54 bits per heavy atom. The Balaban J connectivity index is 0.00000625. The summed E-state index contributed by atoms with van der Waals surface area (Å²) in [5.41, 5.74) is 5.83. The smallest absolute Gasteiger partial charge is 0.249 e. The SMILES string of the molecule is CCCCCCCCCCCCCCCC[n+]1ccc(C(N)=O)cc1.[Br-]. The minimum absolute atomic E-state index is 0. The molecule has 26 heavy (non-hydrogen) atoms. The van der Waals surface area contributed by atoms with Crippen molar-refractivity contribution in [2.24, 2.45) is 5.73 Å². The number of primary amides is 1. The Morgan fingerprint density at radius 2 is 1.15 bits per heavy atom. The lowest BCUT2D eigenvalue weighted by molar-refractivity contribution is -0.697. The van der Waals surface area contributed by atoms with E-state index in [1.165, 1.54) is 89.9 Å². The molecule has 0 radical (unpaired) electrons. The van der Waals surface area contributed by atoms with Crippen LogP contribution in [-0.2, 0) is 6.54 Å². The van der Waals surface area contributed by atoms with Crippen molar-refractivity contribution in [2.45, 2.75) is 103 Å². The van der Waals surface area contributed by atoms with E-state index in [-0.39, 0.29) is 22.9 Å². The first-order chi connectivity index (χ1) is 12.2. The molecular formula is C22H39BrN2O. The summed E-state index contributed by atoms with van der Waals surface area (Å²) in [4.78, 5) is 11.0. The minimum Gasteiger partial charge on any atom is -1.00 e. The van der Waals surface area contributed by atoms with Gasteiger partial charge in [0.25, 0.3) is 0 Å². The summed E-state index contributed by atoms with van der Waals surface area (Å²) in [6, 6.07) is 3.60. The Bertz CT molecular complexity index is 448. The summed E-state index contributed by atoms with van der Waals surface area (Å²) < 4.78 is 2.13. The van der Waals surface area contributed by atoms with Gasteiger partial charge in [-0.2, -0.15) is 0 Å². The number of aromatic nitrogens is 1. The number of hydrogen-bond donors (Lipinski definition) is 1. The van der Waals surface area contributed by atoms with Crippen molar-refractivity contribution < 1.29 is 26.3 Å². The first-order valence-corrected chi connectivity index (χ1v) is 10.5. The second kappa shape index (κ2) is 17.5. The maximum absolute atomic E-state index is 11.0. The van der Waals surface area contributed by atoms with Crippen LogP contribution in [0.2, 0.25) is 0 Å². The van der Waals surface area contributed by atoms with E-state index in [0.717, 1.165) is 6.54 Å². The molecule has 0 aliphatic rings. The standard InChI is InChI=1S/C22H38N2O.BrH/c1-2-3-4-5-6-7-8-9-10-11-12-13-14-15-18-24-19-16-21(17-20-24)22(23)25;/h16-17,19-20H,2-15,18H2,1H3,(H-,23,25);1H. The second-order valence-electron chi connectivity index (χ2n) is 7.29. The van der Waals surface area contributed by atoms with Gasteiger partial charge < -0.3 is 22.7 Å². The van der Waals surface area contributed by atoms with Crippen molar-refractivity contribution in [1.29, 1.82) is 0 Å². The number of unbranched alkanes of at least 4 members (excludes halogenated alkanes) is 13. The number of carbonyl (C=O) groups excluding carboxylic acids is 1. The highest BCUT2D eigenvalue weighted by Gasteiger charge is 2.04. The molecule has 0 saturated heterocycles. The molecule has 1 aromatic heterocycles. The van der Waals surface area contributed by atoms with Gasteiger partial charge in [-0.15, -0.1) is 0 Å². The first kappa shape index (κ1) is 25.1. The normalized spacial score (nSPS) is 10.5. The van der Waals surface area contributed by atoms with E-state index < -0.39 is 0 Å². The van der Waals surface area contributed by atoms with Gasteiger partial charge in [0.1, 0.15) is 6.54 Å². The Morgan fingerprint density at radius 1 is 0.769 bits per heavy atom. The molecule has 0 fully saturated rings. The lowest BCUT2D eigenvalue weighted by Crippen LogP contribution is -3.00. The van der Waals surface area contributed by atoms with E-state index in [4.69, 9.17) is 5.73 Å². The number of hydrogen-bond acceptors (Lipinski definition) is 1. The largest absolute Gasteiger partial charge is 1.00 e. The second-order valence-corrected chi connectivity index (χ2v) is 7.29. The molecule has 3 nitrogen and oxygen atoms in total. The zero-order valence-electron chi connectivity index (χ0n) is 16.7. The zero-order valence-corrected chi connectivity index (χ0v) is 18.3. The highest BCUT2D eigenvalue weighted by molar-refractivity contribution is 5.92.